The second kappa shape index (κ2) is 8.03. The normalized spacial score (nSPS) is 16.6. The molecular weight excluding hydrogens is 473 g/mol. The number of carbonyl (C=O) groups excluding carboxylic acids is 2. The van der Waals surface area contributed by atoms with Crippen LogP contribution in [-0.4, -0.2) is 34.6 Å². The standard InChI is InChI=1S/C26H21ClFN3O4/c1-14-10-16(30-35-14)12-31-13-18(17-3-2-15(27)11-21(17)31)24(32)23-20(28)5-4-19-22(23)25(33)34-26(19)6-8-29-9-7-26/h2-5,10-11,13,29H,6-9,12H2,1H3. The minimum Gasteiger partial charge on any atom is -0.450 e. The van der Waals surface area contributed by atoms with Crippen molar-refractivity contribution in [1.29, 1.82) is 0 Å². The Balaban J connectivity index is 1.50. The third kappa shape index (κ3) is 3.47. The highest BCUT2D eigenvalue weighted by Crippen LogP contribution is 2.45. The molecular formula is C26H21ClFN3O4. The molecule has 35 heavy (non-hydrogen) atoms. The first-order chi connectivity index (χ1) is 16.9. The fourth-order valence-electron chi connectivity index (χ4n) is 5.25. The minimum atomic E-state index is -0.827. The summed E-state index contributed by atoms with van der Waals surface area (Å²) in [5.41, 5.74) is 1.15. The van der Waals surface area contributed by atoms with Gasteiger partial charge in [-0.1, -0.05) is 28.9 Å². The van der Waals surface area contributed by atoms with Crippen molar-refractivity contribution in [2.45, 2.75) is 31.9 Å². The van der Waals surface area contributed by atoms with Crippen molar-refractivity contribution in [3.8, 4) is 0 Å². The van der Waals surface area contributed by atoms with Crippen LogP contribution in [0.15, 0.2) is 47.1 Å². The van der Waals surface area contributed by atoms with Gasteiger partial charge in [-0.05, 0) is 38.2 Å². The molecule has 0 radical (unpaired) electrons. The lowest BCUT2D eigenvalue weighted by Crippen LogP contribution is -2.40. The minimum absolute atomic E-state index is 0.0267. The van der Waals surface area contributed by atoms with Crippen LogP contribution in [0.2, 0.25) is 5.02 Å². The van der Waals surface area contributed by atoms with Crippen LogP contribution in [-0.2, 0) is 16.9 Å². The van der Waals surface area contributed by atoms with Gasteiger partial charge in [0.2, 0.25) is 0 Å². The number of nitrogens with zero attached hydrogens (tertiary/aromatic N) is 2. The molecule has 6 rings (SSSR count). The second-order valence-electron chi connectivity index (χ2n) is 9.07. The highest BCUT2D eigenvalue weighted by atomic mass is 35.5. The summed E-state index contributed by atoms with van der Waals surface area (Å²) in [6, 6.07) is 9.78. The molecule has 2 aromatic heterocycles. The zero-order chi connectivity index (χ0) is 24.3. The maximum absolute atomic E-state index is 15.2. The lowest BCUT2D eigenvalue weighted by atomic mass is 9.82. The number of nitrogens with one attached hydrogen (secondary N) is 1. The molecule has 4 aromatic rings. The summed E-state index contributed by atoms with van der Waals surface area (Å²) < 4.78 is 28.0. The number of benzene rings is 2. The van der Waals surface area contributed by atoms with E-state index < -0.39 is 23.2 Å². The number of hydrogen-bond donors (Lipinski definition) is 1. The molecule has 178 valence electrons. The Hall–Kier alpha value is -3.49. The largest absolute Gasteiger partial charge is 0.450 e. The van der Waals surface area contributed by atoms with Gasteiger partial charge in [-0.15, -0.1) is 0 Å². The van der Waals surface area contributed by atoms with Gasteiger partial charge in [-0.25, -0.2) is 9.18 Å². The first-order valence-electron chi connectivity index (χ1n) is 11.4. The van der Waals surface area contributed by atoms with Crippen LogP contribution in [0, 0.1) is 12.7 Å². The molecule has 0 saturated carbocycles. The first kappa shape index (κ1) is 22.0. The molecule has 1 fully saturated rings. The van der Waals surface area contributed by atoms with E-state index >= 15 is 4.39 Å². The van der Waals surface area contributed by atoms with Gasteiger partial charge < -0.3 is 19.1 Å². The maximum Gasteiger partial charge on any atom is 0.340 e. The smallest absolute Gasteiger partial charge is 0.340 e. The Labute approximate surface area is 204 Å². The summed E-state index contributed by atoms with van der Waals surface area (Å²) in [6.45, 7) is 3.46. The Morgan fingerprint density at radius 1 is 1.23 bits per heavy atom. The van der Waals surface area contributed by atoms with Crippen LogP contribution >= 0.6 is 11.6 Å². The summed E-state index contributed by atoms with van der Waals surface area (Å²) in [7, 11) is 0. The van der Waals surface area contributed by atoms with Crippen LogP contribution < -0.4 is 5.32 Å². The van der Waals surface area contributed by atoms with E-state index in [4.69, 9.17) is 20.9 Å². The number of aryl methyl sites for hydroxylation is 1. The van der Waals surface area contributed by atoms with E-state index in [0.29, 0.717) is 65.4 Å². The molecule has 2 aliphatic rings. The fraction of sp³-hybridized carbons (Fsp3) is 0.269. The van der Waals surface area contributed by atoms with E-state index in [2.05, 4.69) is 10.5 Å². The molecule has 0 atom stereocenters. The van der Waals surface area contributed by atoms with E-state index in [1.54, 1.807) is 43.5 Å². The van der Waals surface area contributed by atoms with E-state index in [-0.39, 0.29) is 16.7 Å². The van der Waals surface area contributed by atoms with Crippen molar-refractivity contribution < 1.29 is 23.2 Å². The number of carbonyl (C=O) groups is 2. The maximum atomic E-state index is 15.2. The lowest BCUT2D eigenvalue weighted by Gasteiger charge is -2.33. The third-order valence-corrected chi connectivity index (χ3v) is 7.11. The van der Waals surface area contributed by atoms with Crippen molar-refractivity contribution in [3.63, 3.8) is 0 Å². The Morgan fingerprint density at radius 2 is 2.03 bits per heavy atom. The van der Waals surface area contributed by atoms with Crippen molar-refractivity contribution in [3.05, 3.63) is 87.1 Å². The average molecular weight is 494 g/mol. The first-order valence-corrected chi connectivity index (χ1v) is 11.8. The fourth-order valence-corrected chi connectivity index (χ4v) is 5.42. The van der Waals surface area contributed by atoms with Gasteiger partial charge in [-0.2, -0.15) is 0 Å². The molecule has 2 aromatic carbocycles. The highest BCUT2D eigenvalue weighted by molar-refractivity contribution is 6.31. The van der Waals surface area contributed by atoms with Crippen LogP contribution in [0.3, 0.4) is 0 Å². The van der Waals surface area contributed by atoms with Crippen LogP contribution in [0.25, 0.3) is 10.9 Å². The Kier molecular flexibility index (Phi) is 5.05. The molecule has 1 spiro atoms. The van der Waals surface area contributed by atoms with Gasteiger partial charge in [0.25, 0.3) is 0 Å². The van der Waals surface area contributed by atoms with Gasteiger partial charge in [-0.3, -0.25) is 4.79 Å². The molecule has 0 aliphatic carbocycles. The quantitative estimate of drug-likeness (QED) is 0.326. The number of aromatic nitrogens is 2. The van der Waals surface area contributed by atoms with Gasteiger partial charge in [0.1, 0.15) is 22.9 Å². The number of esters is 1. The van der Waals surface area contributed by atoms with Gasteiger partial charge >= 0.3 is 5.97 Å². The number of piperidine rings is 1. The van der Waals surface area contributed by atoms with E-state index in [1.165, 1.54) is 6.07 Å². The van der Waals surface area contributed by atoms with Crippen molar-refractivity contribution in [2.24, 2.45) is 0 Å². The summed E-state index contributed by atoms with van der Waals surface area (Å²) in [5.74, 6) is -1.32. The molecule has 4 heterocycles. The van der Waals surface area contributed by atoms with Crippen LogP contribution in [0.1, 0.15) is 56.1 Å². The number of halogens is 2. The predicted octanol–water partition coefficient (Wildman–Crippen LogP) is 4.76. The Bertz CT molecular complexity index is 1520. The molecule has 2 aliphatic heterocycles. The zero-order valence-electron chi connectivity index (χ0n) is 18.9. The number of rotatable bonds is 4. The van der Waals surface area contributed by atoms with Crippen LogP contribution in [0.4, 0.5) is 4.39 Å². The SMILES string of the molecule is Cc1cc(Cn2cc(C(=O)c3c(F)ccc4c3C(=O)OC43CCNCC3)c3ccc(Cl)cc32)no1. The number of fused-ring (bicyclic) bond motifs is 3. The molecule has 0 amide bonds. The number of ketones is 1. The zero-order valence-corrected chi connectivity index (χ0v) is 19.6. The molecule has 9 heteroatoms. The predicted molar refractivity (Wildman–Crippen MR) is 126 cm³/mol. The molecule has 0 bridgehead atoms. The molecule has 1 N–H and O–H groups in total. The van der Waals surface area contributed by atoms with E-state index in [0.717, 1.165) is 0 Å². The highest BCUT2D eigenvalue weighted by Gasteiger charge is 2.48. The van der Waals surface area contributed by atoms with Gasteiger partial charge in [0, 0.05) is 46.6 Å². The monoisotopic (exact) mass is 493 g/mol. The van der Waals surface area contributed by atoms with Crippen LogP contribution in [0.5, 0.6) is 0 Å². The van der Waals surface area contributed by atoms with Gasteiger partial charge in [0.05, 0.1) is 23.2 Å². The third-order valence-electron chi connectivity index (χ3n) is 6.87. The summed E-state index contributed by atoms with van der Waals surface area (Å²) in [6.07, 6.45) is 2.78. The summed E-state index contributed by atoms with van der Waals surface area (Å²) >= 11 is 6.25. The van der Waals surface area contributed by atoms with Crippen molar-refractivity contribution in [1.82, 2.24) is 15.0 Å². The van der Waals surface area contributed by atoms with Gasteiger partial charge in [0.15, 0.2) is 5.78 Å². The Morgan fingerprint density at radius 3 is 2.77 bits per heavy atom. The molecule has 0 unspecified atom stereocenters. The summed E-state index contributed by atoms with van der Waals surface area (Å²) in [4.78, 5) is 26.9. The summed E-state index contributed by atoms with van der Waals surface area (Å²) in [5, 5.41) is 8.37. The van der Waals surface area contributed by atoms with Crippen molar-refractivity contribution in [2.75, 3.05) is 13.1 Å². The molecule has 7 nitrogen and oxygen atoms in total. The molecule has 1 saturated heterocycles. The number of ether oxygens (including phenoxy) is 1. The number of hydrogen-bond acceptors (Lipinski definition) is 6. The topological polar surface area (TPSA) is 86.4 Å². The van der Waals surface area contributed by atoms with E-state index in [1.807, 2.05) is 4.57 Å². The lowest BCUT2D eigenvalue weighted by molar-refractivity contribution is -0.0242. The second-order valence-corrected chi connectivity index (χ2v) is 9.51. The van der Waals surface area contributed by atoms with E-state index in [9.17, 15) is 9.59 Å². The average Bonchev–Trinajstić information content (AvgIpc) is 3.49. The van der Waals surface area contributed by atoms with Crippen molar-refractivity contribution >= 4 is 34.3 Å².